The molecule has 3 rings (SSSR count). The van der Waals surface area contributed by atoms with Gasteiger partial charge in [-0.25, -0.2) is 5.84 Å². The Morgan fingerprint density at radius 1 is 1.21 bits per heavy atom. The first-order chi connectivity index (χ1) is 9.24. The number of nitrogens with two attached hydrogens (primary N) is 1. The molecule has 3 nitrogen and oxygen atoms in total. The molecule has 1 aromatic rings. The van der Waals surface area contributed by atoms with Crippen LogP contribution in [0.2, 0.25) is 0 Å². The van der Waals surface area contributed by atoms with Crippen molar-refractivity contribution in [1.29, 1.82) is 0 Å². The molecule has 0 bridgehead atoms. The molecule has 0 amide bonds. The number of hydrogen-bond donors (Lipinski definition) is 2. The summed E-state index contributed by atoms with van der Waals surface area (Å²) < 4.78 is 0. The molecule has 1 spiro atoms. The zero-order chi connectivity index (χ0) is 13.3. The van der Waals surface area contributed by atoms with Gasteiger partial charge in [0.05, 0.1) is 5.54 Å². The number of nitrogens with one attached hydrogen (secondary N) is 1. The van der Waals surface area contributed by atoms with E-state index >= 15 is 0 Å². The van der Waals surface area contributed by atoms with Crippen molar-refractivity contribution in [2.45, 2.75) is 56.9 Å². The number of amidine groups is 1. The molecular formula is C16H23N3. The highest BCUT2D eigenvalue weighted by molar-refractivity contribution is 6.00. The van der Waals surface area contributed by atoms with E-state index in [1.165, 1.54) is 43.2 Å². The largest absolute Gasteiger partial charge is 0.308 e. The van der Waals surface area contributed by atoms with E-state index in [-0.39, 0.29) is 5.54 Å². The molecule has 1 unspecified atom stereocenters. The minimum Gasteiger partial charge on any atom is -0.308 e. The van der Waals surface area contributed by atoms with Crippen molar-refractivity contribution < 1.29 is 0 Å². The van der Waals surface area contributed by atoms with E-state index in [0.29, 0.717) is 5.92 Å². The number of fused-ring (bicyclic) bond motifs is 1. The molecule has 1 aliphatic heterocycles. The lowest BCUT2D eigenvalue weighted by Gasteiger charge is -2.35. The summed E-state index contributed by atoms with van der Waals surface area (Å²) in [6.45, 7) is 2.32. The second-order valence-corrected chi connectivity index (χ2v) is 6.08. The van der Waals surface area contributed by atoms with Crippen LogP contribution in [0.3, 0.4) is 0 Å². The van der Waals surface area contributed by atoms with E-state index in [9.17, 15) is 0 Å². The third-order valence-electron chi connectivity index (χ3n) is 4.70. The van der Waals surface area contributed by atoms with Crippen LogP contribution in [0.1, 0.15) is 62.5 Å². The Bertz CT molecular complexity index is 487. The topological polar surface area (TPSA) is 50.4 Å². The van der Waals surface area contributed by atoms with Crippen LogP contribution in [0.4, 0.5) is 0 Å². The molecule has 19 heavy (non-hydrogen) atoms. The SMILES string of the molecule is CC1CC2(CCCCC2)N=C(NN)c2ccccc21. The molecule has 1 aromatic carbocycles. The van der Waals surface area contributed by atoms with Gasteiger partial charge in [-0.2, -0.15) is 0 Å². The zero-order valence-electron chi connectivity index (χ0n) is 11.7. The molecule has 2 aliphatic rings. The van der Waals surface area contributed by atoms with Crippen LogP contribution >= 0.6 is 0 Å². The first-order valence-corrected chi connectivity index (χ1v) is 7.40. The second-order valence-electron chi connectivity index (χ2n) is 6.08. The van der Waals surface area contributed by atoms with Crippen molar-refractivity contribution >= 4 is 5.84 Å². The Labute approximate surface area is 115 Å². The Morgan fingerprint density at radius 2 is 1.95 bits per heavy atom. The molecule has 102 valence electrons. The van der Waals surface area contributed by atoms with Crippen molar-refractivity contribution in [2.24, 2.45) is 10.8 Å². The lowest BCUT2D eigenvalue weighted by atomic mass is 9.75. The van der Waals surface area contributed by atoms with Crippen LogP contribution in [0.25, 0.3) is 0 Å². The average Bonchev–Trinajstić information content (AvgIpc) is 2.56. The van der Waals surface area contributed by atoms with E-state index in [2.05, 4.69) is 36.6 Å². The van der Waals surface area contributed by atoms with E-state index in [4.69, 9.17) is 10.8 Å². The third kappa shape index (κ3) is 2.27. The molecular weight excluding hydrogens is 234 g/mol. The van der Waals surface area contributed by atoms with Gasteiger partial charge in [0.2, 0.25) is 0 Å². The Balaban J connectivity index is 2.07. The summed E-state index contributed by atoms with van der Waals surface area (Å²) in [4.78, 5) is 5.06. The maximum Gasteiger partial charge on any atom is 0.143 e. The molecule has 0 radical (unpaired) electrons. The highest BCUT2D eigenvalue weighted by Crippen LogP contribution is 2.42. The van der Waals surface area contributed by atoms with E-state index in [1.54, 1.807) is 0 Å². The molecule has 1 atom stereocenters. The normalized spacial score (nSPS) is 25.4. The first-order valence-electron chi connectivity index (χ1n) is 7.40. The lowest BCUT2D eigenvalue weighted by Crippen LogP contribution is -2.36. The van der Waals surface area contributed by atoms with Crippen LogP contribution in [0.5, 0.6) is 0 Å². The van der Waals surface area contributed by atoms with Crippen LogP contribution in [-0.4, -0.2) is 11.4 Å². The van der Waals surface area contributed by atoms with E-state index < -0.39 is 0 Å². The molecule has 1 heterocycles. The number of benzene rings is 1. The van der Waals surface area contributed by atoms with Crippen molar-refractivity contribution in [3.63, 3.8) is 0 Å². The maximum absolute atomic E-state index is 5.74. The number of rotatable bonds is 0. The van der Waals surface area contributed by atoms with Crippen molar-refractivity contribution in [3.8, 4) is 0 Å². The Hall–Kier alpha value is -1.35. The molecule has 1 fully saturated rings. The van der Waals surface area contributed by atoms with Gasteiger partial charge in [0.1, 0.15) is 5.84 Å². The molecule has 0 aromatic heterocycles. The van der Waals surface area contributed by atoms with Gasteiger partial charge in [-0.15, -0.1) is 0 Å². The van der Waals surface area contributed by atoms with Gasteiger partial charge >= 0.3 is 0 Å². The van der Waals surface area contributed by atoms with E-state index in [1.807, 2.05) is 0 Å². The average molecular weight is 257 g/mol. The first kappa shape index (κ1) is 12.7. The predicted octanol–water partition coefficient (Wildman–Crippen LogP) is 3.11. The summed E-state index contributed by atoms with van der Waals surface area (Å²) in [7, 11) is 0. The van der Waals surface area contributed by atoms with Crippen molar-refractivity contribution in [2.75, 3.05) is 0 Å². The molecule has 3 N–H and O–H groups in total. The van der Waals surface area contributed by atoms with Gasteiger partial charge in [-0.1, -0.05) is 50.5 Å². The molecule has 3 heteroatoms. The second kappa shape index (κ2) is 4.97. The smallest absolute Gasteiger partial charge is 0.143 e. The summed E-state index contributed by atoms with van der Waals surface area (Å²) in [5, 5.41) is 0. The highest BCUT2D eigenvalue weighted by Gasteiger charge is 2.36. The van der Waals surface area contributed by atoms with Crippen LogP contribution < -0.4 is 11.3 Å². The van der Waals surface area contributed by atoms with Gasteiger partial charge in [-0.05, 0) is 30.7 Å². The number of hydrazine groups is 1. The summed E-state index contributed by atoms with van der Waals surface area (Å²) in [6, 6.07) is 8.53. The van der Waals surface area contributed by atoms with Crippen LogP contribution in [0.15, 0.2) is 29.3 Å². The van der Waals surface area contributed by atoms with Gasteiger partial charge in [0.15, 0.2) is 0 Å². The molecule has 1 saturated carbocycles. The summed E-state index contributed by atoms with van der Waals surface area (Å²) in [5.74, 6) is 7.16. The van der Waals surface area contributed by atoms with Crippen LogP contribution in [-0.2, 0) is 0 Å². The number of aliphatic imine (C=N–C) groups is 1. The van der Waals surface area contributed by atoms with Gasteiger partial charge in [0.25, 0.3) is 0 Å². The quantitative estimate of drug-likeness (QED) is 0.554. The summed E-state index contributed by atoms with van der Waals surface area (Å²) in [6.07, 6.45) is 7.50. The monoisotopic (exact) mass is 257 g/mol. The van der Waals surface area contributed by atoms with Crippen molar-refractivity contribution in [1.82, 2.24) is 5.43 Å². The minimum atomic E-state index is 0.110. The molecule has 1 aliphatic carbocycles. The van der Waals surface area contributed by atoms with Gasteiger partial charge < -0.3 is 5.43 Å². The number of nitrogens with zero attached hydrogens (tertiary/aromatic N) is 1. The summed E-state index contributed by atoms with van der Waals surface area (Å²) >= 11 is 0. The fraction of sp³-hybridized carbons (Fsp3) is 0.562. The van der Waals surface area contributed by atoms with Gasteiger partial charge in [-0.3, -0.25) is 4.99 Å². The standard InChI is InChI=1S/C16H23N3/c1-12-11-16(9-5-2-6-10-16)18-15(19-17)14-8-4-3-7-13(12)14/h3-4,7-8,12H,2,5-6,9-11,17H2,1H3,(H,18,19). The van der Waals surface area contributed by atoms with Crippen LogP contribution in [0, 0.1) is 0 Å². The Kier molecular flexibility index (Phi) is 3.31. The zero-order valence-corrected chi connectivity index (χ0v) is 11.7. The Morgan fingerprint density at radius 3 is 2.68 bits per heavy atom. The fourth-order valence-electron chi connectivity index (χ4n) is 3.80. The number of hydrogen-bond acceptors (Lipinski definition) is 3. The van der Waals surface area contributed by atoms with Crippen molar-refractivity contribution in [3.05, 3.63) is 35.4 Å². The van der Waals surface area contributed by atoms with E-state index in [0.717, 1.165) is 12.3 Å². The third-order valence-corrected chi connectivity index (χ3v) is 4.70. The predicted molar refractivity (Wildman–Crippen MR) is 79.2 cm³/mol. The lowest BCUT2D eigenvalue weighted by molar-refractivity contribution is 0.268. The fourth-order valence-corrected chi connectivity index (χ4v) is 3.80. The molecule has 0 saturated heterocycles. The maximum atomic E-state index is 5.74. The van der Waals surface area contributed by atoms with Gasteiger partial charge in [0, 0.05) is 5.56 Å². The highest BCUT2D eigenvalue weighted by atomic mass is 15.3. The minimum absolute atomic E-state index is 0.110. The summed E-state index contributed by atoms with van der Waals surface area (Å²) in [5.41, 5.74) is 5.51.